The molecule has 0 radical (unpaired) electrons. The quantitative estimate of drug-likeness (QED) is 0.832. The Labute approximate surface area is 80.1 Å². The lowest BCUT2D eigenvalue weighted by molar-refractivity contribution is -0.143. The molecule has 1 unspecified atom stereocenters. The number of H-pyrrole nitrogens is 1. The molecular formula is C6H7F3N2O2S. The van der Waals surface area contributed by atoms with Crippen molar-refractivity contribution in [3.05, 3.63) is 11.4 Å². The van der Waals surface area contributed by atoms with Crippen LogP contribution in [0.4, 0.5) is 13.2 Å². The van der Waals surface area contributed by atoms with Crippen molar-refractivity contribution >= 4 is 11.1 Å². The molecular weight excluding hydrogens is 221 g/mol. The van der Waals surface area contributed by atoms with E-state index in [1.807, 2.05) is 0 Å². The molecule has 0 aliphatic rings. The maximum absolute atomic E-state index is 12.3. The van der Waals surface area contributed by atoms with E-state index >= 15 is 0 Å². The number of aromatic amines is 1. The molecule has 1 heterocycles. The predicted molar refractivity (Wildman–Crippen MR) is 41.7 cm³/mol. The van der Waals surface area contributed by atoms with Crippen LogP contribution in [-0.4, -0.2) is 21.5 Å². The normalized spacial score (nSPS) is 14.4. The van der Waals surface area contributed by atoms with E-state index < -0.39 is 27.8 Å². The Balaban J connectivity index is 3.26. The summed E-state index contributed by atoms with van der Waals surface area (Å²) in [6.07, 6.45) is -4.63. The van der Waals surface area contributed by atoms with Crippen LogP contribution in [0.3, 0.4) is 0 Å². The molecule has 0 aliphatic heterocycles. The molecule has 0 spiro atoms. The van der Waals surface area contributed by atoms with Gasteiger partial charge in [0.2, 0.25) is 0 Å². The Morgan fingerprint density at radius 2 is 2.07 bits per heavy atom. The summed E-state index contributed by atoms with van der Waals surface area (Å²) in [4.78, 5) is -0.458. The average Bonchev–Trinajstić information content (AvgIpc) is 2.45. The highest BCUT2D eigenvalue weighted by Crippen LogP contribution is 2.33. The van der Waals surface area contributed by atoms with Crippen LogP contribution < -0.4 is 0 Å². The van der Waals surface area contributed by atoms with E-state index in [9.17, 15) is 17.4 Å². The molecule has 1 atom stereocenters. The zero-order valence-electron chi connectivity index (χ0n) is 7.31. The summed E-state index contributed by atoms with van der Waals surface area (Å²) < 4.78 is 52.3. The molecule has 0 saturated carbocycles. The summed E-state index contributed by atoms with van der Waals surface area (Å²) in [5, 5.41) is 5.15. The molecule has 14 heavy (non-hydrogen) atoms. The molecule has 1 rings (SSSR count). The van der Waals surface area contributed by atoms with Crippen LogP contribution in [0.1, 0.15) is 11.4 Å². The van der Waals surface area contributed by atoms with Gasteiger partial charge in [0.05, 0.1) is 12.8 Å². The molecule has 8 heteroatoms. The summed E-state index contributed by atoms with van der Waals surface area (Å²) in [5.74, 6) is 0. The number of rotatable bonds is 2. The number of aromatic nitrogens is 2. The molecule has 1 N–H and O–H groups in total. The highest BCUT2D eigenvalue weighted by Gasteiger charge is 2.39. The molecule has 1 aromatic rings. The van der Waals surface area contributed by atoms with Crippen molar-refractivity contribution in [2.24, 2.45) is 0 Å². The first kappa shape index (κ1) is 11.2. The minimum absolute atomic E-state index is 0.0810. The summed E-state index contributed by atoms with van der Waals surface area (Å²) in [6, 6.07) is 0. The maximum atomic E-state index is 12.3. The topological polar surface area (TPSA) is 55.0 Å². The van der Waals surface area contributed by atoms with E-state index in [-0.39, 0.29) is 5.69 Å². The van der Waals surface area contributed by atoms with E-state index in [1.54, 1.807) is 0 Å². The van der Waals surface area contributed by atoms with Crippen molar-refractivity contribution in [2.75, 3.05) is 7.11 Å². The van der Waals surface area contributed by atoms with Gasteiger partial charge in [0.15, 0.2) is 16.8 Å². The highest BCUT2D eigenvalue weighted by molar-refractivity contribution is 7.80. The van der Waals surface area contributed by atoms with Gasteiger partial charge in [-0.25, -0.2) is 4.21 Å². The minimum Gasteiger partial charge on any atom is -0.290 e. The van der Waals surface area contributed by atoms with Gasteiger partial charge in [-0.15, -0.1) is 0 Å². The Hall–Kier alpha value is -0.890. The first-order valence-corrected chi connectivity index (χ1v) is 4.53. The van der Waals surface area contributed by atoms with Gasteiger partial charge >= 0.3 is 6.18 Å². The SMILES string of the molecule is COS(=O)c1c(C(F)(F)F)n[nH]c1C. The number of nitrogens with one attached hydrogen (secondary N) is 1. The molecule has 80 valence electrons. The predicted octanol–water partition coefficient (Wildman–Crippen LogP) is 1.41. The number of alkyl halides is 3. The van der Waals surface area contributed by atoms with Gasteiger partial charge in [-0.2, -0.15) is 18.3 Å². The van der Waals surface area contributed by atoms with E-state index in [1.165, 1.54) is 6.92 Å². The lowest BCUT2D eigenvalue weighted by Crippen LogP contribution is -2.10. The van der Waals surface area contributed by atoms with E-state index in [0.717, 1.165) is 7.11 Å². The molecule has 1 aromatic heterocycles. The fraction of sp³-hybridized carbons (Fsp3) is 0.500. The zero-order valence-corrected chi connectivity index (χ0v) is 8.12. The number of hydrogen-bond acceptors (Lipinski definition) is 3. The highest BCUT2D eigenvalue weighted by atomic mass is 32.2. The lowest BCUT2D eigenvalue weighted by atomic mass is 10.3. The van der Waals surface area contributed by atoms with E-state index in [2.05, 4.69) is 14.4 Å². The van der Waals surface area contributed by atoms with Crippen LogP contribution in [0.25, 0.3) is 0 Å². The lowest BCUT2D eigenvalue weighted by Gasteiger charge is -2.04. The third kappa shape index (κ3) is 1.95. The maximum Gasteiger partial charge on any atom is 0.436 e. The van der Waals surface area contributed by atoms with Crippen LogP contribution in [0.15, 0.2) is 4.90 Å². The van der Waals surface area contributed by atoms with Crippen LogP contribution >= 0.6 is 0 Å². The van der Waals surface area contributed by atoms with Crippen molar-refractivity contribution in [3.8, 4) is 0 Å². The number of hydrogen-bond donors (Lipinski definition) is 1. The van der Waals surface area contributed by atoms with Gasteiger partial charge in [-0.1, -0.05) is 0 Å². The average molecular weight is 228 g/mol. The van der Waals surface area contributed by atoms with Crippen LogP contribution in [0.2, 0.25) is 0 Å². The molecule has 4 nitrogen and oxygen atoms in total. The van der Waals surface area contributed by atoms with Crippen LogP contribution in [0.5, 0.6) is 0 Å². The molecule has 0 fully saturated rings. The van der Waals surface area contributed by atoms with Gasteiger partial charge in [0.1, 0.15) is 4.90 Å². The van der Waals surface area contributed by atoms with Crippen molar-refractivity contribution < 1.29 is 21.6 Å². The minimum atomic E-state index is -4.63. The molecule has 0 bridgehead atoms. The van der Waals surface area contributed by atoms with E-state index in [4.69, 9.17) is 0 Å². The number of nitrogens with zero attached hydrogens (tertiary/aromatic N) is 1. The third-order valence-corrected chi connectivity index (χ3v) is 2.61. The summed E-state index contributed by atoms with van der Waals surface area (Å²) in [7, 11) is 1.06. The summed E-state index contributed by atoms with van der Waals surface area (Å²) in [6.45, 7) is 1.34. The van der Waals surface area contributed by atoms with Crippen molar-refractivity contribution in [3.63, 3.8) is 0 Å². The molecule has 0 aromatic carbocycles. The Morgan fingerprint density at radius 3 is 2.50 bits per heavy atom. The zero-order chi connectivity index (χ0) is 10.9. The van der Waals surface area contributed by atoms with Crippen molar-refractivity contribution in [2.45, 2.75) is 18.0 Å². The largest absolute Gasteiger partial charge is 0.436 e. The van der Waals surface area contributed by atoms with E-state index in [0.29, 0.717) is 0 Å². The smallest absolute Gasteiger partial charge is 0.290 e. The fourth-order valence-electron chi connectivity index (χ4n) is 0.898. The number of halogens is 3. The Kier molecular flexibility index (Phi) is 2.95. The molecule has 0 amide bonds. The number of aryl methyl sites for hydroxylation is 1. The standard InChI is InChI=1S/C6H7F3N2O2S/c1-3-4(14(12)13-2)5(11-10-3)6(7,8)9/h1-2H3,(H,10,11). The first-order valence-electron chi connectivity index (χ1n) is 3.46. The van der Waals surface area contributed by atoms with Gasteiger partial charge in [0, 0.05) is 0 Å². The monoisotopic (exact) mass is 228 g/mol. The second kappa shape index (κ2) is 3.70. The van der Waals surface area contributed by atoms with Crippen LogP contribution in [-0.2, 0) is 21.4 Å². The molecule has 0 saturated heterocycles. The van der Waals surface area contributed by atoms with Crippen molar-refractivity contribution in [1.29, 1.82) is 0 Å². The Bertz CT molecular complexity index is 360. The second-order valence-corrected chi connectivity index (χ2v) is 3.64. The van der Waals surface area contributed by atoms with Gasteiger partial charge in [-0.05, 0) is 6.92 Å². The second-order valence-electron chi connectivity index (χ2n) is 2.43. The first-order chi connectivity index (χ1) is 6.38. The molecule has 0 aliphatic carbocycles. The van der Waals surface area contributed by atoms with Gasteiger partial charge < -0.3 is 0 Å². The Morgan fingerprint density at radius 1 is 1.50 bits per heavy atom. The summed E-state index contributed by atoms with van der Waals surface area (Å²) in [5.41, 5.74) is -1.12. The summed E-state index contributed by atoms with van der Waals surface area (Å²) >= 11 is -2.14. The van der Waals surface area contributed by atoms with Gasteiger partial charge in [-0.3, -0.25) is 9.28 Å². The van der Waals surface area contributed by atoms with Crippen molar-refractivity contribution in [1.82, 2.24) is 10.2 Å². The fourth-order valence-corrected chi connectivity index (χ4v) is 1.68. The van der Waals surface area contributed by atoms with Gasteiger partial charge in [0.25, 0.3) is 0 Å². The third-order valence-electron chi connectivity index (χ3n) is 1.48. The van der Waals surface area contributed by atoms with Crippen LogP contribution in [0, 0.1) is 6.92 Å².